The van der Waals surface area contributed by atoms with Crippen molar-refractivity contribution in [3.8, 4) is 0 Å². The molecule has 1 unspecified atom stereocenters. The van der Waals surface area contributed by atoms with Crippen LogP contribution in [0.1, 0.15) is 18.2 Å². The number of aliphatic imine (C=N–C) groups is 1. The van der Waals surface area contributed by atoms with Crippen LogP contribution in [0.4, 0.5) is 0 Å². The third kappa shape index (κ3) is 6.08. The number of hydrogen-bond donors (Lipinski definition) is 2. The Kier molecular flexibility index (Phi) is 7.36. The van der Waals surface area contributed by atoms with Gasteiger partial charge in [-0.25, -0.2) is 0 Å². The van der Waals surface area contributed by atoms with Gasteiger partial charge in [0.15, 0.2) is 5.96 Å². The summed E-state index contributed by atoms with van der Waals surface area (Å²) in [4.78, 5) is 6.60. The minimum Gasteiger partial charge on any atom is -0.469 e. The highest BCUT2D eigenvalue weighted by atomic mass is 16.3. The number of rotatable bonds is 8. The Balaban J connectivity index is 1.69. The van der Waals surface area contributed by atoms with E-state index in [0.29, 0.717) is 6.04 Å². The van der Waals surface area contributed by atoms with Gasteiger partial charge in [0, 0.05) is 39.1 Å². The average Bonchev–Trinajstić information content (AvgIpc) is 3.12. The van der Waals surface area contributed by atoms with Crippen molar-refractivity contribution in [3.05, 3.63) is 60.1 Å². The maximum atomic E-state index is 5.33. The number of nitrogens with one attached hydrogen (secondary N) is 2. The van der Waals surface area contributed by atoms with Crippen LogP contribution in [-0.4, -0.2) is 44.1 Å². The molecule has 0 radical (unpaired) electrons. The molecule has 0 bridgehead atoms. The van der Waals surface area contributed by atoms with Crippen LogP contribution < -0.4 is 10.6 Å². The summed E-state index contributed by atoms with van der Waals surface area (Å²) in [5.74, 6) is 1.80. The molecule has 0 fully saturated rings. The summed E-state index contributed by atoms with van der Waals surface area (Å²) in [6.45, 7) is 4.78. The van der Waals surface area contributed by atoms with Crippen molar-refractivity contribution in [3.63, 3.8) is 0 Å². The Hall–Kier alpha value is -2.27. The highest BCUT2D eigenvalue weighted by Gasteiger charge is 2.10. The Morgan fingerprint density at radius 3 is 2.62 bits per heavy atom. The van der Waals surface area contributed by atoms with Gasteiger partial charge in [-0.05, 0) is 31.7 Å². The highest BCUT2D eigenvalue weighted by Crippen LogP contribution is 2.05. The molecule has 0 spiro atoms. The molecule has 24 heavy (non-hydrogen) atoms. The molecule has 2 aromatic rings. The molecule has 1 heterocycles. The lowest BCUT2D eigenvalue weighted by Gasteiger charge is -2.25. The fourth-order valence-corrected chi connectivity index (χ4v) is 2.41. The molecule has 130 valence electrons. The van der Waals surface area contributed by atoms with Crippen LogP contribution in [0.2, 0.25) is 0 Å². The Morgan fingerprint density at radius 2 is 1.96 bits per heavy atom. The van der Waals surface area contributed by atoms with E-state index in [4.69, 9.17) is 4.42 Å². The Morgan fingerprint density at radius 1 is 1.17 bits per heavy atom. The summed E-state index contributed by atoms with van der Waals surface area (Å²) in [5, 5.41) is 6.69. The van der Waals surface area contributed by atoms with Crippen molar-refractivity contribution in [2.24, 2.45) is 4.99 Å². The van der Waals surface area contributed by atoms with Gasteiger partial charge in [0.25, 0.3) is 0 Å². The number of hydrogen-bond acceptors (Lipinski definition) is 3. The first-order valence-electron chi connectivity index (χ1n) is 8.40. The smallest absolute Gasteiger partial charge is 0.191 e. The summed E-state index contributed by atoms with van der Waals surface area (Å²) >= 11 is 0. The quantitative estimate of drug-likeness (QED) is 0.577. The minimum absolute atomic E-state index is 0.397. The van der Waals surface area contributed by atoms with Gasteiger partial charge in [-0.2, -0.15) is 0 Å². The van der Waals surface area contributed by atoms with Crippen LogP contribution in [0.15, 0.2) is 58.1 Å². The van der Waals surface area contributed by atoms with Crippen LogP contribution in [0.3, 0.4) is 0 Å². The van der Waals surface area contributed by atoms with Crippen molar-refractivity contribution in [2.45, 2.75) is 25.9 Å². The van der Waals surface area contributed by atoms with Crippen molar-refractivity contribution < 1.29 is 4.42 Å². The molecule has 2 N–H and O–H groups in total. The van der Waals surface area contributed by atoms with Gasteiger partial charge in [-0.3, -0.25) is 9.89 Å². The van der Waals surface area contributed by atoms with Gasteiger partial charge in [0.05, 0.1) is 6.26 Å². The molecule has 1 aromatic carbocycles. The van der Waals surface area contributed by atoms with Crippen molar-refractivity contribution >= 4 is 5.96 Å². The van der Waals surface area contributed by atoms with Gasteiger partial charge in [-0.15, -0.1) is 0 Å². The summed E-state index contributed by atoms with van der Waals surface area (Å²) < 4.78 is 5.33. The van der Waals surface area contributed by atoms with Crippen molar-refractivity contribution in [1.29, 1.82) is 0 Å². The monoisotopic (exact) mass is 328 g/mol. The summed E-state index contributed by atoms with van der Waals surface area (Å²) in [7, 11) is 3.94. The molecule has 0 aliphatic carbocycles. The molecule has 5 nitrogen and oxygen atoms in total. The molecule has 0 aliphatic rings. The molecule has 0 aliphatic heterocycles. The highest BCUT2D eigenvalue weighted by molar-refractivity contribution is 5.79. The second-order valence-electron chi connectivity index (χ2n) is 5.96. The Bertz CT molecular complexity index is 595. The van der Waals surface area contributed by atoms with Gasteiger partial charge < -0.3 is 15.1 Å². The zero-order valence-corrected chi connectivity index (χ0v) is 14.8. The number of guanidine groups is 1. The zero-order valence-electron chi connectivity index (χ0n) is 14.8. The second kappa shape index (κ2) is 9.78. The first-order valence-corrected chi connectivity index (χ1v) is 8.40. The number of benzene rings is 1. The molecule has 2 rings (SSSR count). The van der Waals surface area contributed by atoms with E-state index in [-0.39, 0.29) is 0 Å². The lowest BCUT2D eigenvalue weighted by molar-refractivity contribution is 0.249. The van der Waals surface area contributed by atoms with E-state index >= 15 is 0 Å². The minimum atomic E-state index is 0.397. The van der Waals surface area contributed by atoms with E-state index in [1.165, 1.54) is 5.56 Å². The van der Waals surface area contributed by atoms with Crippen LogP contribution in [0.5, 0.6) is 0 Å². The topological polar surface area (TPSA) is 52.8 Å². The molecular formula is C19H28N4O. The fourth-order valence-electron chi connectivity index (χ4n) is 2.41. The summed E-state index contributed by atoms with van der Waals surface area (Å²) in [6, 6.07) is 14.8. The van der Waals surface area contributed by atoms with Crippen molar-refractivity contribution in [2.75, 3.05) is 27.2 Å². The molecule has 5 heteroatoms. The third-order valence-corrected chi connectivity index (χ3v) is 4.06. The first kappa shape index (κ1) is 18.1. The molecule has 0 saturated carbocycles. The Labute approximate surface area is 144 Å². The molecule has 0 saturated heterocycles. The second-order valence-corrected chi connectivity index (χ2v) is 5.96. The SMILES string of the molecule is CN=C(NCCc1ccco1)NCC(C)N(C)Cc1ccccc1. The first-order chi connectivity index (χ1) is 11.7. The summed E-state index contributed by atoms with van der Waals surface area (Å²) in [5.41, 5.74) is 1.33. The zero-order chi connectivity index (χ0) is 17.2. The number of furan rings is 1. The van der Waals surface area contributed by atoms with Crippen LogP contribution >= 0.6 is 0 Å². The van der Waals surface area contributed by atoms with E-state index in [1.807, 2.05) is 18.2 Å². The van der Waals surface area contributed by atoms with Crippen LogP contribution in [0, 0.1) is 0 Å². The molecular weight excluding hydrogens is 300 g/mol. The number of nitrogens with zero attached hydrogens (tertiary/aromatic N) is 2. The average molecular weight is 328 g/mol. The van der Waals surface area contributed by atoms with Crippen LogP contribution in [0.25, 0.3) is 0 Å². The van der Waals surface area contributed by atoms with E-state index in [2.05, 4.69) is 58.8 Å². The summed E-state index contributed by atoms with van der Waals surface area (Å²) in [6.07, 6.45) is 2.55. The van der Waals surface area contributed by atoms with E-state index in [9.17, 15) is 0 Å². The molecule has 1 atom stereocenters. The fraction of sp³-hybridized carbons (Fsp3) is 0.421. The van der Waals surface area contributed by atoms with Crippen molar-refractivity contribution in [1.82, 2.24) is 15.5 Å². The standard InChI is InChI=1S/C19H28N4O/c1-16(23(3)15-17-8-5-4-6-9-17)14-22-19(20-2)21-12-11-18-10-7-13-24-18/h4-10,13,16H,11-12,14-15H2,1-3H3,(H2,20,21,22). The third-order valence-electron chi connectivity index (χ3n) is 4.06. The predicted molar refractivity (Wildman–Crippen MR) is 99.1 cm³/mol. The van der Waals surface area contributed by atoms with Crippen LogP contribution in [-0.2, 0) is 13.0 Å². The lowest BCUT2D eigenvalue weighted by atomic mass is 10.2. The van der Waals surface area contributed by atoms with E-state index < -0.39 is 0 Å². The van der Waals surface area contributed by atoms with Gasteiger partial charge in [0.2, 0.25) is 0 Å². The molecule has 0 amide bonds. The maximum Gasteiger partial charge on any atom is 0.191 e. The van der Waals surface area contributed by atoms with Gasteiger partial charge in [0.1, 0.15) is 5.76 Å². The van der Waals surface area contributed by atoms with Gasteiger partial charge in [-0.1, -0.05) is 30.3 Å². The number of likely N-dealkylation sites (N-methyl/N-ethyl adjacent to an activating group) is 1. The maximum absolute atomic E-state index is 5.33. The largest absolute Gasteiger partial charge is 0.469 e. The lowest BCUT2D eigenvalue weighted by Crippen LogP contribution is -2.45. The predicted octanol–water partition coefficient (Wildman–Crippen LogP) is 2.51. The normalized spacial score (nSPS) is 13.1. The van der Waals surface area contributed by atoms with E-state index in [1.54, 1.807) is 13.3 Å². The van der Waals surface area contributed by atoms with E-state index in [0.717, 1.165) is 37.8 Å². The molecule has 1 aromatic heterocycles. The van der Waals surface area contributed by atoms with Gasteiger partial charge >= 0.3 is 0 Å².